The van der Waals surface area contributed by atoms with Crippen LogP contribution in [-0.4, -0.2) is 19.6 Å². The van der Waals surface area contributed by atoms with E-state index in [-0.39, 0.29) is 11.6 Å². The van der Waals surface area contributed by atoms with E-state index in [1.165, 1.54) is 25.0 Å². The van der Waals surface area contributed by atoms with E-state index in [0.29, 0.717) is 11.8 Å². The maximum absolute atomic E-state index is 13.6. The Morgan fingerprint density at radius 1 is 0.833 bits per heavy atom. The molecule has 4 atom stereocenters. The second kappa shape index (κ2) is 7.11. The van der Waals surface area contributed by atoms with E-state index < -0.39 is 0 Å². The summed E-state index contributed by atoms with van der Waals surface area (Å²) in [5.74, 6) is 2.35. The highest BCUT2D eigenvalue weighted by molar-refractivity contribution is 14.1. The van der Waals surface area contributed by atoms with Gasteiger partial charge in [0.15, 0.2) is 0 Å². The van der Waals surface area contributed by atoms with Gasteiger partial charge in [-0.05, 0) is 118 Å². The van der Waals surface area contributed by atoms with Crippen LogP contribution in [0.4, 0.5) is 8.78 Å². The van der Waals surface area contributed by atoms with Gasteiger partial charge in [-0.2, -0.15) is 10.2 Å². The van der Waals surface area contributed by atoms with Crippen molar-refractivity contribution in [2.24, 2.45) is 23.7 Å². The fourth-order valence-corrected chi connectivity index (χ4v) is 6.33. The molecule has 4 aromatic rings. The number of fused-ring (bicyclic) bond motifs is 2. The number of rotatable bonds is 5. The minimum atomic E-state index is -0.214. The smallest absolute Gasteiger partial charge is 0.131 e. The molecular weight excluding hydrogens is 612 g/mol. The van der Waals surface area contributed by atoms with Crippen LogP contribution in [0.1, 0.15) is 12.8 Å². The normalized spacial score (nSPS) is 25.3. The van der Waals surface area contributed by atoms with Crippen molar-refractivity contribution < 1.29 is 8.78 Å². The fourth-order valence-electron chi connectivity index (χ4n) is 4.90. The average molecular weight is 630 g/mol. The zero-order valence-corrected chi connectivity index (χ0v) is 20.2. The minimum absolute atomic E-state index is 0.214. The standard InChI is InChI=1S/C22H18F2I2N4/c23-13-1-3-19-17(7-13)22(26)30(27-19)10-12-6-16(12)15-5-11(15)9-29-20-4-2-14(24)8-18(20)21(25)28-29/h1-4,7-8,11-12,15-16H,5-6,9-10H2. The van der Waals surface area contributed by atoms with Crippen LogP contribution in [0.2, 0.25) is 0 Å². The zero-order valence-electron chi connectivity index (χ0n) is 15.9. The second-order valence-corrected chi connectivity index (χ2v) is 10.6. The lowest BCUT2D eigenvalue weighted by Crippen LogP contribution is -2.07. The van der Waals surface area contributed by atoms with Gasteiger partial charge in [-0.1, -0.05) is 0 Å². The Morgan fingerprint density at radius 3 is 2.20 bits per heavy atom. The molecule has 154 valence electrons. The molecular formula is C22H18F2I2N4. The summed E-state index contributed by atoms with van der Waals surface area (Å²) in [7, 11) is 0. The van der Waals surface area contributed by atoms with Crippen LogP contribution in [0.25, 0.3) is 21.8 Å². The molecule has 0 N–H and O–H groups in total. The van der Waals surface area contributed by atoms with Crippen LogP contribution in [0.5, 0.6) is 0 Å². The van der Waals surface area contributed by atoms with E-state index in [2.05, 4.69) is 60.1 Å². The third-order valence-electron chi connectivity index (χ3n) is 6.62. The van der Waals surface area contributed by atoms with Crippen LogP contribution in [0.3, 0.4) is 0 Å². The highest BCUT2D eigenvalue weighted by Gasteiger charge is 2.53. The van der Waals surface area contributed by atoms with Gasteiger partial charge in [0.1, 0.15) is 19.0 Å². The predicted octanol–water partition coefficient (Wildman–Crippen LogP) is 5.85. The number of benzene rings is 2. The topological polar surface area (TPSA) is 35.6 Å². The van der Waals surface area contributed by atoms with Gasteiger partial charge in [-0.25, -0.2) is 8.78 Å². The Bertz CT molecular complexity index is 1300. The molecule has 0 amide bonds. The fraction of sp³-hybridized carbons (Fsp3) is 0.364. The van der Waals surface area contributed by atoms with Crippen molar-refractivity contribution in [1.29, 1.82) is 0 Å². The molecule has 0 radical (unpaired) electrons. The monoisotopic (exact) mass is 630 g/mol. The maximum atomic E-state index is 13.6. The van der Waals surface area contributed by atoms with Crippen LogP contribution in [0.15, 0.2) is 36.4 Å². The summed E-state index contributed by atoms with van der Waals surface area (Å²) in [6.45, 7) is 1.81. The Balaban J connectivity index is 1.13. The van der Waals surface area contributed by atoms with E-state index >= 15 is 0 Å². The van der Waals surface area contributed by atoms with Crippen molar-refractivity contribution >= 4 is 67.0 Å². The summed E-state index contributed by atoms with van der Waals surface area (Å²) >= 11 is 4.47. The Labute approximate surface area is 199 Å². The summed E-state index contributed by atoms with van der Waals surface area (Å²) < 4.78 is 33.1. The molecule has 2 aromatic heterocycles. The number of nitrogens with zero attached hydrogens (tertiary/aromatic N) is 4. The molecule has 2 aliphatic rings. The van der Waals surface area contributed by atoms with Gasteiger partial charge in [0.25, 0.3) is 0 Å². The highest BCUT2D eigenvalue weighted by atomic mass is 127. The molecule has 0 saturated heterocycles. The van der Waals surface area contributed by atoms with Gasteiger partial charge in [-0.3, -0.25) is 9.36 Å². The Kier molecular flexibility index (Phi) is 4.60. The third-order valence-corrected chi connectivity index (χ3v) is 8.56. The quantitative estimate of drug-likeness (QED) is 0.260. The van der Waals surface area contributed by atoms with Crippen molar-refractivity contribution in [3.8, 4) is 0 Å². The molecule has 4 nitrogen and oxygen atoms in total. The number of halogens is 4. The van der Waals surface area contributed by atoms with Gasteiger partial charge < -0.3 is 0 Å². The highest BCUT2D eigenvalue weighted by Crippen LogP contribution is 2.59. The van der Waals surface area contributed by atoms with Gasteiger partial charge in [0, 0.05) is 23.9 Å². The molecule has 4 unspecified atom stereocenters. The average Bonchev–Trinajstić information content (AvgIpc) is 3.60. The molecule has 2 saturated carbocycles. The summed E-state index contributed by atoms with van der Waals surface area (Å²) in [6, 6.07) is 9.72. The van der Waals surface area contributed by atoms with Crippen molar-refractivity contribution in [2.75, 3.05) is 0 Å². The lowest BCUT2D eigenvalue weighted by atomic mass is 10.2. The minimum Gasteiger partial charge on any atom is -0.264 e. The van der Waals surface area contributed by atoms with Crippen LogP contribution < -0.4 is 0 Å². The first-order valence-corrected chi connectivity index (χ1v) is 12.3. The molecule has 2 aromatic carbocycles. The first-order chi connectivity index (χ1) is 14.5. The second-order valence-electron chi connectivity index (χ2n) is 8.59. The van der Waals surface area contributed by atoms with Crippen molar-refractivity contribution in [2.45, 2.75) is 25.9 Å². The van der Waals surface area contributed by atoms with Crippen molar-refractivity contribution in [3.63, 3.8) is 0 Å². The lowest BCUT2D eigenvalue weighted by Gasteiger charge is -2.04. The van der Waals surface area contributed by atoms with E-state index in [4.69, 9.17) is 0 Å². The summed E-state index contributed by atoms with van der Waals surface area (Å²) in [6.07, 6.45) is 2.48. The van der Waals surface area contributed by atoms with E-state index in [9.17, 15) is 8.78 Å². The Morgan fingerprint density at radius 2 is 1.47 bits per heavy atom. The molecule has 0 spiro atoms. The predicted molar refractivity (Wildman–Crippen MR) is 128 cm³/mol. The molecule has 2 heterocycles. The Hall–Kier alpha value is -1.30. The van der Waals surface area contributed by atoms with Crippen LogP contribution >= 0.6 is 45.2 Å². The van der Waals surface area contributed by atoms with Crippen LogP contribution in [0, 0.1) is 42.7 Å². The number of hydrogen-bond donors (Lipinski definition) is 0. The van der Waals surface area contributed by atoms with Crippen molar-refractivity contribution in [3.05, 3.63) is 55.4 Å². The first-order valence-electron chi connectivity index (χ1n) is 10.1. The zero-order chi connectivity index (χ0) is 20.6. The van der Waals surface area contributed by atoms with Crippen molar-refractivity contribution in [1.82, 2.24) is 19.6 Å². The van der Waals surface area contributed by atoms with Gasteiger partial charge in [0.2, 0.25) is 0 Å². The number of hydrogen-bond acceptors (Lipinski definition) is 2. The molecule has 0 bridgehead atoms. The third kappa shape index (κ3) is 3.34. The molecule has 30 heavy (non-hydrogen) atoms. The molecule has 8 heteroatoms. The van der Waals surface area contributed by atoms with Gasteiger partial charge in [-0.15, -0.1) is 0 Å². The SMILES string of the molecule is Fc1ccc2nn(CC3CC3C3CC3Cn3nc(I)c4cc(F)ccc43)c(I)c2c1. The molecule has 6 rings (SSSR count). The van der Waals surface area contributed by atoms with Gasteiger partial charge in [0.05, 0.1) is 11.0 Å². The van der Waals surface area contributed by atoms with Crippen LogP contribution in [-0.2, 0) is 13.1 Å². The van der Waals surface area contributed by atoms with Gasteiger partial charge >= 0.3 is 0 Å². The molecule has 2 aliphatic carbocycles. The maximum Gasteiger partial charge on any atom is 0.131 e. The summed E-state index contributed by atoms with van der Waals surface area (Å²) in [4.78, 5) is 0. The molecule has 0 aliphatic heterocycles. The lowest BCUT2D eigenvalue weighted by molar-refractivity contribution is 0.469. The number of aromatic nitrogens is 4. The largest absolute Gasteiger partial charge is 0.264 e. The van der Waals surface area contributed by atoms with E-state index in [0.717, 1.165) is 54.1 Å². The molecule has 2 fully saturated rings. The first kappa shape index (κ1) is 19.4. The van der Waals surface area contributed by atoms with E-state index in [1.807, 2.05) is 10.7 Å². The summed E-state index contributed by atoms with van der Waals surface area (Å²) in [5.41, 5.74) is 1.88. The van der Waals surface area contributed by atoms with E-state index in [1.54, 1.807) is 18.2 Å². The summed E-state index contributed by atoms with van der Waals surface area (Å²) in [5, 5.41) is 11.1.